The lowest BCUT2D eigenvalue weighted by atomic mass is 10.2. The van der Waals surface area contributed by atoms with Crippen LogP contribution < -0.4 is 19.3 Å². The molecular formula is C44H47N3O23. The van der Waals surface area contributed by atoms with Crippen molar-refractivity contribution in [2.75, 3.05) is 83.0 Å². The summed E-state index contributed by atoms with van der Waals surface area (Å²) in [5.41, 5.74) is 0.982. The summed E-state index contributed by atoms with van der Waals surface area (Å²) in [6.07, 6.45) is 1.04. The van der Waals surface area contributed by atoms with Crippen LogP contribution in [0.4, 0.5) is 11.4 Å². The third kappa shape index (κ3) is 18.2. The Balaban J connectivity index is 1.68. The van der Waals surface area contributed by atoms with Gasteiger partial charge >= 0.3 is 53.7 Å². The Labute approximate surface area is 396 Å². The molecule has 0 amide bonds. The van der Waals surface area contributed by atoms with E-state index in [4.69, 9.17) is 46.7 Å². The van der Waals surface area contributed by atoms with Crippen molar-refractivity contribution < 1.29 is 109 Å². The van der Waals surface area contributed by atoms with Crippen LogP contribution in [0.5, 0.6) is 11.5 Å². The second kappa shape index (κ2) is 26.6. The summed E-state index contributed by atoms with van der Waals surface area (Å²) in [4.78, 5) is 127. The van der Waals surface area contributed by atoms with Gasteiger partial charge in [0, 0.05) is 39.1 Å². The van der Waals surface area contributed by atoms with Gasteiger partial charge in [0.25, 0.3) is 5.89 Å². The number of ketones is 1. The van der Waals surface area contributed by atoms with Crippen molar-refractivity contribution in [3.05, 3.63) is 53.9 Å². The van der Waals surface area contributed by atoms with Crippen molar-refractivity contribution in [1.29, 1.82) is 0 Å². The Kier molecular flexibility index (Phi) is 20.5. The van der Waals surface area contributed by atoms with Gasteiger partial charge in [0.15, 0.2) is 11.5 Å². The Hall–Kier alpha value is -8.71. The first-order chi connectivity index (χ1) is 33.3. The van der Waals surface area contributed by atoms with E-state index >= 15 is 0 Å². The zero-order valence-electron chi connectivity index (χ0n) is 38.6. The Morgan fingerprint density at radius 3 is 1.50 bits per heavy atom. The van der Waals surface area contributed by atoms with Crippen molar-refractivity contribution in [3.63, 3.8) is 0 Å². The molecule has 26 heteroatoms. The molecule has 0 atom stereocenters. The summed E-state index contributed by atoms with van der Waals surface area (Å²) in [5.74, 6) is -8.55. The first kappa shape index (κ1) is 53.9. The van der Waals surface area contributed by atoms with E-state index in [-0.39, 0.29) is 59.1 Å². The quantitative estimate of drug-likeness (QED) is 0.0358. The molecule has 0 unspecified atom stereocenters. The van der Waals surface area contributed by atoms with E-state index in [0.29, 0.717) is 10.9 Å². The molecule has 376 valence electrons. The summed E-state index contributed by atoms with van der Waals surface area (Å²) in [5, 5.41) is 0.334. The number of rotatable bonds is 27. The van der Waals surface area contributed by atoms with Gasteiger partial charge in [-0.25, -0.2) is 9.78 Å². The van der Waals surface area contributed by atoms with Crippen molar-refractivity contribution in [2.24, 2.45) is 0 Å². The molecular weight excluding hydrogens is 938 g/mol. The zero-order valence-corrected chi connectivity index (χ0v) is 38.6. The number of aromatic nitrogens is 1. The number of esters is 9. The fourth-order valence-corrected chi connectivity index (χ4v) is 5.52. The van der Waals surface area contributed by atoms with Gasteiger partial charge in [-0.1, -0.05) is 6.07 Å². The maximum absolute atomic E-state index is 13.1. The predicted octanol–water partition coefficient (Wildman–Crippen LogP) is 2.47. The third-order valence-corrected chi connectivity index (χ3v) is 8.53. The lowest BCUT2D eigenvalue weighted by Gasteiger charge is -2.26. The van der Waals surface area contributed by atoms with Crippen LogP contribution in [0.1, 0.15) is 50.7 Å². The fraction of sp³-hybridized carbons (Fsp3) is 0.386. The van der Waals surface area contributed by atoms with Gasteiger partial charge in [0.2, 0.25) is 32.9 Å². The molecule has 2 aromatic carbocycles. The van der Waals surface area contributed by atoms with Gasteiger partial charge in [-0.3, -0.25) is 43.2 Å². The molecule has 70 heavy (non-hydrogen) atoms. The number of anilines is 2. The molecule has 2 heterocycles. The standard InChI is InChI=1S/C44H47N3O23/c1-25-7-8-32(46(17-40(54)65-21-61-27(3)49)18-41(55)66-22-62-28(4)50)35(11-25)58-9-10-59-36-12-31-13-37(43-45-15-38(70-43)44(57)68-24-64-30(6)52)69-34(31)14-33(36)47(16-39(53)60-20-26(2)48)19-42(56)67-23-63-29(5)51/h7-8,11-15H,9-10,16-24H2,1-6H3. The van der Waals surface area contributed by atoms with Gasteiger partial charge in [0.1, 0.15) is 63.1 Å². The normalized spacial score (nSPS) is 10.5. The number of oxazole rings is 1. The third-order valence-electron chi connectivity index (χ3n) is 8.53. The number of carbonyl (C=O) groups is 10. The monoisotopic (exact) mass is 985 g/mol. The van der Waals surface area contributed by atoms with E-state index < -0.39 is 119 Å². The number of furan rings is 1. The second-order valence-corrected chi connectivity index (χ2v) is 14.2. The minimum absolute atomic E-state index is 0.00473. The SMILES string of the molecule is CC(=O)COC(=O)CN(CC(=O)OCOC(C)=O)c1cc2oc(-c3ncc(C(=O)OCOC(C)=O)o3)cc2cc1OCCOc1cc(C)ccc1N(CC(=O)OCOC(C)=O)CC(=O)OCOC(C)=O. The molecule has 0 aliphatic rings. The van der Waals surface area contributed by atoms with Crippen LogP contribution in [0.25, 0.3) is 22.6 Å². The van der Waals surface area contributed by atoms with Crippen LogP contribution in [0, 0.1) is 6.92 Å². The Morgan fingerprint density at radius 1 is 0.529 bits per heavy atom. The Morgan fingerprint density at radius 2 is 1.00 bits per heavy atom. The molecule has 2 aromatic heterocycles. The minimum Gasteiger partial charge on any atom is -0.488 e. The average molecular weight is 986 g/mol. The van der Waals surface area contributed by atoms with E-state index in [1.807, 2.05) is 0 Å². The maximum atomic E-state index is 13.1. The molecule has 0 aliphatic carbocycles. The molecule has 0 saturated carbocycles. The molecule has 0 aliphatic heterocycles. The van der Waals surface area contributed by atoms with Gasteiger partial charge in [-0.15, -0.1) is 0 Å². The number of benzene rings is 2. The Bertz CT molecular complexity index is 2530. The van der Waals surface area contributed by atoms with Crippen LogP contribution in [0.2, 0.25) is 0 Å². The number of fused-ring (bicyclic) bond motifs is 1. The molecule has 0 bridgehead atoms. The fourth-order valence-electron chi connectivity index (χ4n) is 5.52. The van der Waals surface area contributed by atoms with E-state index in [0.717, 1.165) is 38.8 Å². The summed E-state index contributed by atoms with van der Waals surface area (Å²) in [7, 11) is 0. The molecule has 4 aromatic rings. The number of ether oxygens (including phenoxy) is 11. The zero-order chi connectivity index (χ0) is 51.3. The van der Waals surface area contributed by atoms with Gasteiger partial charge < -0.3 is 70.7 Å². The topological polar surface area (TPSA) is 318 Å². The average Bonchev–Trinajstić information content (AvgIpc) is 3.94. The lowest BCUT2D eigenvalue weighted by molar-refractivity contribution is -0.167. The van der Waals surface area contributed by atoms with Crippen LogP contribution in [0.3, 0.4) is 0 Å². The van der Waals surface area contributed by atoms with E-state index in [1.165, 1.54) is 30.0 Å². The van der Waals surface area contributed by atoms with E-state index in [1.54, 1.807) is 25.1 Å². The predicted molar refractivity (Wildman–Crippen MR) is 230 cm³/mol. The molecule has 4 rings (SSSR count). The highest BCUT2D eigenvalue weighted by molar-refractivity contribution is 5.92. The molecule has 0 spiro atoms. The van der Waals surface area contributed by atoms with Crippen LogP contribution >= 0.6 is 0 Å². The van der Waals surface area contributed by atoms with Crippen LogP contribution in [0.15, 0.2) is 51.4 Å². The number of nitrogens with zero attached hydrogens (tertiary/aromatic N) is 3. The second-order valence-electron chi connectivity index (χ2n) is 14.2. The number of aryl methyl sites for hydroxylation is 1. The summed E-state index contributed by atoms with van der Waals surface area (Å²) >= 11 is 0. The summed E-state index contributed by atoms with van der Waals surface area (Å²) in [6.45, 7) is 0.900. The van der Waals surface area contributed by atoms with Crippen LogP contribution in [-0.4, -0.2) is 138 Å². The van der Waals surface area contributed by atoms with E-state index in [2.05, 4.69) is 19.2 Å². The molecule has 0 saturated heterocycles. The van der Waals surface area contributed by atoms with Crippen molar-refractivity contribution >= 4 is 81.9 Å². The molecule has 26 nitrogen and oxygen atoms in total. The van der Waals surface area contributed by atoms with Crippen molar-refractivity contribution in [3.8, 4) is 23.1 Å². The van der Waals surface area contributed by atoms with Gasteiger partial charge in [-0.2, -0.15) is 0 Å². The van der Waals surface area contributed by atoms with Crippen molar-refractivity contribution in [1.82, 2.24) is 4.98 Å². The van der Waals surface area contributed by atoms with Crippen LogP contribution in [-0.2, 0) is 85.8 Å². The first-order valence-corrected chi connectivity index (χ1v) is 20.5. The minimum atomic E-state index is -1.01. The smallest absolute Gasteiger partial charge is 0.378 e. The number of hydrogen-bond donors (Lipinski definition) is 0. The van der Waals surface area contributed by atoms with Gasteiger partial charge in [0.05, 0.1) is 17.6 Å². The number of Topliss-reactive ketones (excluding diaryl/α,β-unsaturated/α-hetero) is 1. The number of hydrogen-bond acceptors (Lipinski definition) is 26. The van der Waals surface area contributed by atoms with E-state index in [9.17, 15) is 47.9 Å². The lowest BCUT2D eigenvalue weighted by Crippen LogP contribution is -2.37. The largest absolute Gasteiger partial charge is 0.488 e. The summed E-state index contributed by atoms with van der Waals surface area (Å²) in [6, 6.07) is 9.08. The number of carbonyl (C=O) groups excluding carboxylic acids is 10. The highest BCUT2D eigenvalue weighted by atomic mass is 16.7. The molecule has 0 fully saturated rings. The molecule has 0 radical (unpaired) electrons. The maximum Gasteiger partial charge on any atom is 0.378 e. The first-order valence-electron chi connectivity index (χ1n) is 20.5. The highest BCUT2D eigenvalue weighted by Crippen LogP contribution is 2.38. The summed E-state index contributed by atoms with van der Waals surface area (Å²) < 4.78 is 67.4. The van der Waals surface area contributed by atoms with Crippen molar-refractivity contribution in [2.45, 2.75) is 41.5 Å². The highest BCUT2D eigenvalue weighted by Gasteiger charge is 2.26. The molecule has 0 N–H and O–H groups in total. The van der Waals surface area contributed by atoms with Gasteiger partial charge in [-0.05, 0) is 43.7 Å².